The summed E-state index contributed by atoms with van der Waals surface area (Å²) < 4.78 is 5.82. The first kappa shape index (κ1) is 27.5. The van der Waals surface area contributed by atoms with Crippen LogP contribution in [0.15, 0.2) is 47.2 Å². The van der Waals surface area contributed by atoms with Gasteiger partial charge >= 0.3 is 0 Å². The van der Waals surface area contributed by atoms with Gasteiger partial charge in [-0.15, -0.1) is 12.4 Å². The molecule has 3 rings (SSSR count). The van der Waals surface area contributed by atoms with Crippen LogP contribution in [0.2, 0.25) is 0 Å². The van der Waals surface area contributed by atoms with E-state index in [-0.39, 0.29) is 18.3 Å². The summed E-state index contributed by atoms with van der Waals surface area (Å²) in [7, 11) is 0. The molecule has 0 fully saturated rings. The highest BCUT2D eigenvalue weighted by molar-refractivity contribution is 5.99. The number of amides is 1. The first-order chi connectivity index (χ1) is 16.2. The van der Waals surface area contributed by atoms with Crippen LogP contribution >= 0.6 is 12.4 Å². The molecule has 0 radical (unpaired) electrons. The van der Waals surface area contributed by atoms with Gasteiger partial charge in [-0.05, 0) is 56.5 Å². The molecule has 1 amide bonds. The predicted octanol–water partition coefficient (Wildman–Crippen LogP) is 6.96. The Kier molecular flexibility index (Phi) is 12.3. The van der Waals surface area contributed by atoms with Gasteiger partial charge in [0.05, 0.1) is 29.4 Å². The fourth-order valence-electron chi connectivity index (χ4n) is 4.11. The number of H-pyrrole nitrogens is 2. The minimum absolute atomic E-state index is 0. The smallest absolute Gasteiger partial charge is 0.217 e. The summed E-state index contributed by atoms with van der Waals surface area (Å²) in [5.41, 5.74) is 10.3. The minimum Gasteiger partial charge on any atom is -0.492 e. The number of ether oxygens (including phenoxy) is 1. The number of aromatic amines is 2. The lowest BCUT2D eigenvalue weighted by Gasteiger charge is -2.02. The Bertz CT molecular complexity index is 957. The Balaban J connectivity index is 0.00000408. The molecule has 7 heteroatoms. The van der Waals surface area contributed by atoms with E-state index in [2.05, 4.69) is 28.2 Å². The third-order valence-electron chi connectivity index (χ3n) is 5.87. The molecule has 0 spiro atoms. The number of rotatable bonds is 16. The molecule has 0 saturated heterocycles. The number of halogens is 1. The Morgan fingerprint density at radius 3 is 2.38 bits per heavy atom. The maximum absolute atomic E-state index is 10.7. The molecule has 6 nitrogen and oxygen atoms in total. The van der Waals surface area contributed by atoms with Crippen molar-refractivity contribution in [2.75, 3.05) is 6.61 Å². The molecule has 1 aliphatic heterocycles. The van der Waals surface area contributed by atoms with E-state index in [0.717, 1.165) is 53.5 Å². The van der Waals surface area contributed by atoms with Crippen molar-refractivity contribution in [3.63, 3.8) is 0 Å². The zero-order valence-electron chi connectivity index (χ0n) is 20.3. The fraction of sp³-hybridized carbons (Fsp3) is 0.481. The van der Waals surface area contributed by atoms with Gasteiger partial charge in [0.1, 0.15) is 5.75 Å². The van der Waals surface area contributed by atoms with E-state index in [1.54, 1.807) is 0 Å². The molecule has 4 N–H and O–H groups in total. The van der Waals surface area contributed by atoms with Crippen LogP contribution in [0.4, 0.5) is 0 Å². The zero-order valence-corrected chi connectivity index (χ0v) is 21.1. The Labute approximate surface area is 209 Å². The predicted molar refractivity (Wildman–Crippen MR) is 144 cm³/mol. The Morgan fingerprint density at radius 1 is 1.03 bits per heavy atom. The van der Waals surface area contributed by atoms with Crippen LogP contribution in [0.1, 0.15) is 83.2 Å². The van der Waals surface area contributed by atoms with E-state index in [0.29, 0.717) is 13.0 Å². The summed E-state index contributed by atoms with van der Waals surface area (Å²) in [6.07, 6.45) is 20.6. The SMILES string of the molecule is CCOc1cc(-c2ccc[nH]2)[nH]c1C=C1C=CC(CCCCCCCCCCCC(N)=O)=N1.Cl. The second-order valence-electron chi connectivity index (χ2n) is 8.63. The van der Waals surface area contributed by atoms with Gasteiger partial charge in [0, 0.05) is 24.4 Å². The van der Waals surface area contributed by atoms with Crippen molar-refractivity contribution in [1.29, 1.82) is 0 Å². The average molecular weight is 487 g/mol. The molecule has 0 saturated carbocycles. The van der Waals surface area contributed by atoms with Crippen molar-refractivity contribution in [1.82, 2.24) is 9.97 Å². The fourth-order valence-corrected chi connectivity index (χ4v) is 4.11. The Hall–Kier alpha value is -2.73. The minimum atomic E-state index is -0.180. The maximum Gasteiger partial charge on any atom is 0.217 e. The van der Waals surface area contributed by atoms with Crippen molar-refractivity contribution < 1.29 is 9.53 Å². The van der Waals surface area contributed by atoms with Crippen LogP contribution in [0.3, 0.4) is 0 Å². The van der Waals surface area contributed by atoms with Gasteiger partial charge in [0.2, 0.25) is 5.91 Å². The number of carbonyl (C=O) groups is 1. The monoisotopic (exact) mass is 486 g/mol. The van der Waals surface area contributed by atoms with Crippen LogP contribution in [0.5, 0.6) is 5.75 Å². The summed E-state index contributed by atoms with van der Waals surface area (Å²) >= 11 is 0. The summed E-state index contributed by atoms with van der Waals surface area (Å²) in [5.74, 6) is 0.667. The second kappa shape index (κ2) is 15.2. The maximum atomic E-state index is 10.7. The molecule has 0 aliphatic carbocycles. The standard InChI is InChI=1S/C27H38N4O2.ClH/c1-2-33-26-20-24(23-14-12-18-29-23)31-25(26)19-22-17-16-21(30-22)13-10-8-6-4-3-5-7-9-11-15-27(28)32;/h12,14,16-20,29,31H,2-11,13,15H2,1H3,(H2,28,32);1H. The van der Waals surface area contributed by atoms with Gasteiger partial charge < -0.3 is 20.4 Å². The van der Waals surface area contributed by atoms with E-state index in [4.69, 9.17) is 15.5 Å². The third-order valence-corrected chi connectivity index (χ3v) is 5.87. The number of nitrogens with one attached hydrogen (secondary N) is 2. The van der Waals surface area contributed by atoms with Gasteiger partial charge in [-0.25, -0.2) is 0 Å². The van der Waals surface area contributed by atoms with Crippen LogP contribution in [-0.4, -0.2) is 28.2 Å². The average Bonchev–Trinajstić information content (AvgIpc) is 3.54. The van der Waals surface area contributed by atoms with Crippen LogP contribution < -0.4 is 10.5 Å². The highest BCUT2D eigenvalue weighted by Crippen LogP contribution is 2.29. The molecule has 2 aromatic heterocycles. The number of nitrogens with zero attached hydrogens (tertiary/aromatic N) is 1. The highest BCUT2D eigenvalue weighted by atomic mass is 35.5. The lowest BCUT2D eigenvalue weighted by Crippen LogP contribution is -2.09. The summed E-state index contributed by atoms with van der Waals surface area (Å²) in [5, 5.41) is 0. The first-order valence-electron chi connectivity index (χ1n) is 12.4. The van der Waals surface area contributed by atoms with Crippen molar-refractivity contribution in [3.8, 4) is 17.1 Å². The second-order valence-corrected chi connectivity index (χ2v) is 8.63. The molecular formula is C27H39ClN4O2. The van der Waals surface area contributed by atoms with E-state index in [1.165, 1.54) is 44.9 Å². The molecular weight excluding hydrogens is 448 g/mol. The number of aliphatic imine (C=N–C) groups is 1. The lowest BCUT2D eigenvalue weighted by atomic mass is 10.0. The quantitative estimate of drug-likeness (QED) is 0.223. The zero-order chi connectivity index (χ0) is 23.3. The van der Waals surface area contributed by atoms with E-state index in [9.17, 15) is 4.79 Å². The van der Waals surface area contributed by atoms with E-state index in [1.807, 2.05) is 31.3 Å². The number of aromatic nitrogens is 2. The van der Waals surface area contributed by atoms with Crippen molar-refractivity contribution >= 4 is 30.1 Å². The number of allylic oxidation sites excluding steroid dienone is 2. The topological polar surface area (TPSA) is 96.3 Å². The van der Waals surface area contributed by atoms with Crippen LogP contribution in [-0.2, 0) is 4.79 Å². The lowest BCUT2D eigenvalue weighted by molar-refractivity contribution is -0.118. The summed E-state index contributed by atoms with van der Waals surface area (Å²) in [6.45, 7) is 2.62. The van der Waals surface area contributed by atoms with Gasteiger partial charge in [0.25, 0.3) is 0 Å². The van der Waals surface area contributed by atoms with Gasteiger partial charge in [0.15, 0.2) is 0 Å². The number of nitrogens with two attached hydrogens (primary N) is 1. The number of unbranched alkanes of at least 4 members (excludes halogenated alkanes) is 8. The number of hydrogen-bond acceptors (Lipinski definition) is 3. The third kappa shape index (κ3) is 9.26. The number of carbonyl (C=O) groups excluding carboxylic acids is 1. The summed E-state index contributed by atoms with van der Waals surface area (Å²) in [6, 6.07) is 6.06. The number of hydrogen-bond donors (Lipinski definition) is 3. The van der Waals surface area contributed by atoms with Crippen LogP contribution in [0, 0.1) is 0 Å². The van der Waals surface area contributed by atoms with Gasteiger partial charge in [-0.3, -0.25) is 9.79 Å². The van der Waals surface area contributed by atoms with Crippen molar-refractivity contribution in [3.05, 3.63) is 47.9 Å². The summed E-state index contributed by atoms with van der Waals surface area (Å²) in [4.78, 5) is 22.2. The van der Waals surface area contributed by atoms with E-state index < -0.39 is 0 Å². The van der Waals surface area contributed by atoms with Crippen molar-refractivity contribution in [2.45, 2.75) is 77.6 Å². The first-order valence-corrected chi connectivity index (χ1v) is 12.4. The molecule has 186 valence electrons. The molecule has 0 bridgehead atoms. The largest absolute Gasteiger partial charge is 0.492 e. The molecule has 0 aromatic carbocycles. The van der Waals surface area contributed by atoms with E-state index >= 15 is 0 Å². The Morgan fingerprint density at radius 2 is 1.74 bits per heavy atom. The number of primary amides is 1. The molecule has 34 heavy (non-hydrogen) atoms. The van der Waals surface area contributed by atoms with Crippen LogP contribution in [0.25, 0.3) is 17.5 Å². The van der Waals surface area contributed by atoms with Crippen molar-refractivity contribution in [2.24, 2.45) is 10.7 Å². The molecule has 0 unspecified atom stereocenters. The van der Waals surface area contributed by atoms with Gasteiger partial charge in [-0.1, -0.05) is 44.9 Å². The normalized spacial score (nSPS) is 13.8. The molecule has 3 heterocycles. The van der Waals surface area contributed by atoms with Gasteiger partial charge in [-0.2, -0.15) is 0 Å². The highest BCUT2D eigenvalue weighted by Gasteiger charge is 2.12. The molecule has 1 aliphatic rings. The molecule has 0 atom stereocenters. The molecule has 2 aromatic rings.